The van der Waals surface area contributed by atoms with Crippen LogP contribution in [0.5, 0.6) is 0 Å². The van der Waals surface area contributed by atoms with Gasteiger partial charge in [-0.1, -0.05) is 26.2 Å². The second-order valence-electron chi connectivity index (χ2n) is 7.58. The molecule has 1 heterocycles. The molecule has 6 nitrogen and oxygen atoms in total. The van der Waals surface area contributed by atoms with Gasteiger partial charge in [-0.2, -0.15) is 0 Å². The van der Waals surface area contributed by atoms with Crippen LogP contribution < -0.4 is 16.0 Å². The molecule has 0 aromatic rings. The molecule has 2 rings (SSSR count). The SMILES string of the molecule is CCNC(=NCCN1CCCCC1CC)NCCC(=O)NC1CCCC1.I. The fourth-order valence-corrected chi connectivity index (χ4v) is 4.11. The number of rotatable bonds is 9. The largest absolute Gasteiger partial charge is 0.357 e. The third-order valence-electron chi connectivity index (χ3n) is 5.59. The van der Waals surface area contributed by atoms with E-state index < -0.39 is 0 Å². The van der Waals surface area contributed by atoms with Gasteiger partial charge in [0.2, 0.25) is 5.91 Å². The minimum absolute atomic E-state index is 0. The first kappa shape index (κ1) is 24.5. The molecule has 0 spiro atoms. The van der Waals surface area contributed by atoms with Crippen LogP contribution >= 0.6 is 24.0 Å². The van der Waals surface area contributed by atoms with Crippen LogP contribution in [0.3, 0.4) is 0 Å². The van der Waals surface area contributed by atoms with Crippen LogP contribution in [-0.4, -0.2) is 61.6 Å². The Morgan fingerprint density at radius 3 is 2.52 bits per heavy atom. The number of piperidine rings is 1. The minimum atomic E-state index is 0. The number of carbonyl (C=O) groups is 1. The summed E-state index contributed by atoms with van der Waals surface area (Å²) in [5.41, 5.74) is 0. The van der Waals surface area contributed by atoms with Gasteiger partial charge < -0.3 is 16.0 Å². The lowest BCUT2D eigenvalue weighted by Gasteiger charge is -2.34. The number of amides is 1. The maximum absolute atomic E-state index is 12.0. The molecule has 0 aromatic carbocycles. The molecule has 1 atom stereocenters. The van der Waals surface area contributed by atoms with Gasteiger partial charge in [0.25, 0.3) is 0 Å². The Kier molecular flexibility index (Phi) is 13.1. The van der Waals surface area contributed by atoms with Crippen molar-refractivity contribution < 1.29 is 4.79 Å². The molecule has 7 heteroatoms. The quantitative estimate of drug-likeness (QED) is 0.263. The number of aliphatic imine (C=N–C) groups is 1. The first-order valence-corrected chi connectivity index (χ1v) is 10.8. The smallest absolute Gasteiger partial charge is 0.221 e. The third-order valence-corrected chi connectivity index (χ3v) is 5.59. The summed E-state index contributed by atoms with van der Waals surface area (Å²) in [7, 11) is 0. The van der Waals surface area contributed by atoms with Gasteiger partial charge in [-0.25, -0.2) is 0 Å². The van der Waals surface area contributed by atoms with E-state index in [9.17, 15) is 4.79 Å². The lowest BCUT2D eigenvalue weighted by atomic mass is 10.0. The number of nitrogens with one attached hydrogen (secondary N) is 3. The van der Waals surface area contributed by atoms with Crippen molar-refractivity contribution in [1.82, 2.24) is 20.9 Å². The van der Waals surface area contributed by atoms with Gasteiger partial charge >= 0.3 is 0 Å². The second-order valence-corrected chi connectivity index (χ2v) is 7.58. The average molecular weight is 493 g/mol. The average Bonchev–Trinajstić information content (AvgIpc) is 3.15. The zero-order valence-electron chi connectivity index (χ0n) is 17.3. The van der Waals surface area contributed by atoms with E-state index in [0.717, 1.165) is 44.5 Å². The van der Waals surface area contributed by atoms with E-state index in [1.54, 1.807) is 0 Å². The van der Waals surface area contributed by atoms with Gasteiger partial charge in [0.05, 0.1) is 6.54 Å². The number of guanidine groups is 1. The molecule has 1 unspecified atom stereocenters. The Hall–Kier alpha value is -0.570. The predicted molar refractivity (Wildman–Crippen MR) is 124 cm³/mol. The van der Waals surface area contributed by atoms with Crippen LogP contribution in [0.4, 0.5) is 0 Å². The van der Waals surface area contributed by atoms with E-state index in [2.05, 4.69) is 34.7 Å². The van der Waals surface area contributed by atoms with Gasteiger partial charge in [0, 0.05) is 38.1 Å². The molecule has 1 aliphatic heterocycles. The van der Waals surface area contributed by atoms with E-state index in [1.165, 1.54) is 45.1 Å². The Balaban J connectivity index is 0.00000364. The van der Waals surface area contributed by atoms with Crippen molar-refractivity contribution in [2.45, 2.75) is 83.7 Å². The standard InChI is InChI=1S/C20H39N5O.HI/c1-3-18-11-7-8-15-25(18)16-14-23-20(21-4-2)22-13-12-19(26)24-17-9-5-6-10-17;/h17-18H,3-16H2,1-2H3,(H,24,26)(H2,21,22,23);1H. The zero-order valence-corrected chi connectivity index (χ0v) is 19.6. The molecule has 1 saturated carbocycles. The van der Waals surface area contributed by atoms with Crippen LogP contribution in [-0.2, 0) is 4.79 Å². The number of nitrogens with zero attached hydrogens (tertiary/aromatic N) is 2. The highest BCUT2D eigenvalue weighted by Crippen LogP contribution is 2.19. The number of halogens is 1. The topological polar surface area (TPSA) is 68.8 Å². The molecule has 0 aromatic heterocycles. The molecule has 0 radical (unpaired) electrons. The summed E-state index contributed by atoms with van der Waals surface area (Å²) >= 11 is 0. The highest BCUT2D eigenvalue weighted by molar-refractivity contribution is 14.0. The van der Waals surface area contributed by atoms with Crippen LogP contribution in [0.1, 0.15) is 71.6 Å². The Morgan fingerprint density at radius 1 is 1.07 bits per heavy atom. The van der Waals surface area contributed by atoms with Crippen molar-refractivity contribution in [2.24, 2.45) is 4.99 Å². The van der Waals surface area contributed by atoms with Crippen LogP contribution in [0.2, 0.25) is 0 Å². The summed E-state index contributed by atoms with van der Waals surface area (Å²) in [6, 6.07) is 1.13. The summed E-state index contributed by atoms with van der Waals surface area (Å²) in [6.07, 6.45) is 10.5. The lowest BCUT2D eigenvalue weighted by molar-refractivity contribution is -0.121. The van der Waals surface area contributed by atoms with E-state index >= 15 is 0 Å². The zero-order chi connectivity index (χ0) is 18.6. The van der Waals surface area contributed by atoms with Crippen molar-refractivity contribution >= 4 is 35.8 Å². The van der Waals surface area contributed by atoms with E-state index in [0.29, 0.717) is 19.0 Å². The van der Waals surface area contributed by atoms with Crippen molar-refractivity contribution in [1.29, 1.82) is 0 Å². The van der Waals surface area contributed by atoms with Crippen LogP contribution in [0.25, 0.3) is 0 Å². The van der Waals surface area contributed by atoms with Crippen LogP contribution in [0, 0.1) is 0 Å². The molecule has 0 bridgehead atoms. The monoisotopic (exact) mass is 493 g/mol. The maximum Gasteiger partial charge on any atom is 0.221 e. The molecule has 1 saturated heterocycles. The fraction of sp³-hybridized carbons (Fsp3) is 0.900. The van der Waals surface area contributed by atoms with Gasteiger partial charge in [-0.3, -0.25) is 14.7 Å². The van der Waals surface area contributed by atoms with Gasteiger partial charge in [0.15, 0.2) is 5.96 Å². The normalized spacial score (nSPS) is 21.6. The molecule has 1 amide bonds. The fourth-order valence-electron chi connectivity index (χ4n) is 4.11. The molecule has 2 fully saturated rings. The third kappa shape index (κ3) is 9.45. The predicted octanol–water partition coefficient (Wildman–Crippen LogP) is 2.87. The molecule has 3 N–H and O–H groups in total. The summed E-state index contributed by atoms with van der Waals surface area (Å²) in [6.45, 7) is 8.86. The van der Waals surface area contributed by atoms with Gasteiger partial charge in [-0.05, 0) is 45.6 Å². The minimum Gasteiger partial charge on any atom is -0.357 e. The van der Waals surface area contributed by atoms with Gasteiger partial charge in [0.1, 0.15) is 0 Å². The molecule has 158 valence electrons. The summed E-state index contributed by atoms with van der Waals surface area (Å²) in [5.74, 6) is 0.977. The maximum atomic E-state index is 12.0. The Labute approximate surface area is 182 Å². The second kappa shape index (κ2) is 14.4. The number of hydrogen-bond acceptors (Lipinski definition) is 3. The molecular weight excluding hydrogens is 453 g/mol. The van der Waals surface area contributed by atoms with E-state index in [1.807, 2.05) is 0 Å². The lowest BCUT2D eigenvalue weighted by Crippen LogP contribution is -2.42. The van der Waals surface area contributed by atoms with E-state index in [-0.39, 0.29) is 29.9 Å². The van der Waals surface area contributed by atoms with E-state index in [4.69, 9.17) is 4.99 Å². The van der Waals surface area contributed by atoms with Gasteiger partial charge in [-0.15, -0.1) is 24.0 Å². The summed E-state index contributed by atoms with van der Waals surface area (Å²) in [5, 5.41) is 9.72. The highest BCUT2D eigenvalue weighted by Gasteiger charge is 2.20. The first-order chi connectivity index (χ1) is 12.7. The first-order valence-electron chi connectivity index (χ1n) is 10.8. The summed E-state index contributed by atoms with van der Waals surface area (Å²) < 4.78 is 0. The number of carbonyl (C=O) groups excluding carboxylic acids is 1. The Bertz CT molecular complexity index is 440. The molecule has 1 aliphatic carbocycles. The van der Waals surface area contributed by atoms with Crippen LogP contribution in [0.15, 0.2) is 4.99 Å². The highest BCUT2D eigenvalue weighted by atomic mass is 127. The van der Waals surface area contributed by atoms with Crippen molar-refractivity contribution in [2.75, 3.05) is 32.7 Å². The molecular formula is C20H40IN5O. The van der Waals surface area contributed by atoms with Crippen molar-refractivity contribution in [3.8, 4) is 0 Å². The van der Waals surface area contributed by atoms with Crippen molar-refractivity contribution in [3.05, 3.63) is 0 Å². The summed E-state index contributed by atoms with van der Waals surface area (Å²) in [4.78, 5) is 19.3. The van der Waals surface area contributed by atoms with Crippen molar-refractivity contribution in [3.63, 3.8) is 0 Å². The number of likely N-dealkylation sites (tertiary alicyclic amines) is 1. The Morgan fingerprint density at radius 2 is 1.81 bits per heavy atom. The molecule has 2 aliphatic rings. The molecule has 27 heavy (non-hydrogen) atoms. The number of hydrogen-bond donors (Lipinski definition) is 3.